The Bertz CT molecular complexity index is 1100. The highest BCUT2D eigenvalue weighted by Crippen LogP contribution is 2.69. The molecule has 1 aromatic carbocycles. The van der Waals surface area contributed by atoms with E-state index in [4.69, 9.17) is 0 Å². The van der Waals surface area contributed by atoms with Crippen molar-refractivity contribution in [2.45, 2.75) is 110 Å². The molecule has 0 saturated heterocycles. The van der Waals surface area contributed by atoms with E-state index in [0.29, 0.717) is 22.7 Å². The number of hydrogen-bond acceptors (Lipinski definition) is 3. The summed E-state index contributed by atoms with van der Waals surface area (Å²) >= 11 is 0. The Labute approximate surface area is 232 Å². The SMILES string of the molecule is CC[C@H]1CC2C3CC[C@H]([C@H](C)C[C@H](C)C(=O)NS(=O)(=O)c4ccccc4)[C@@]3(C)CCC2[C@@]2(C)CCCC[C@@H]12. The number of amides is 1. The van der Waals surface area contributed by atoms with Gasteiger partial charge >= 0.3 is 0 Å². The van der Waals surface area contributed by atoms with E-state index in [-0.39, 0.29) is 16.7 Å². The van der Waals surface area contributed by atoms with Crippen molar-refractivity contribution in [1.29, 1.82) is 0 Å². The molecule has 4 fully saturated rings. The van der Waals surface area contributed by atoms with Crippen LogP contribution in [0.4, 0.5) is 0 Å². The number of rotatable bonds is 7. The summed E-state index contributed by atoms with van der Waals surface area (Å²) in [6, 6.07) is 8.20. The van der Waals surface area contributed by atoms with Crippen molar-refractivity contribution in [3.8, 4) is 0 Å². The monoisotopic (exact) mass is 541 g/mol. The molecule has 10 atom stereocenters. The first-order valence-electron chi connectivity index (χ1n) is 15.6. The van der Waals surface area contributed by atoms with Crippen molar-refractivity contribution < 1.29 is 13.2 Å². The van der Waals surface area contributed by atoms with Gasteiger partial charge in [-0.15, -0.1) is 0 Å². The molecular weight excluding hydrogens is 490 g/mol. The number of fused-ring (bicyclic) bond motifs is 5. The van der Waals surface area contributed by atoms with E-state index in [2.05, 4.69) is 32.4 Å². The van der Waals surface area contributed by atoms with Crippen LogP contribution in [0.15, 0.2) is 35.2 Å². The van der Waals surface area contributed by atoms with Gasteiger partial charge in [0.15, 0.2) is 0 Å². The maximum absolute atomic E-state index is 13.0. The number of carbonyl (C=O) groups excluding carboxylic acids is 1. The Balaban J connectivity index is 1.27. The number of nitrogens with one attached hydrogen (secondary N) is 1. The summed E-state index contributed by atoms with van der Waals surface area (Å²) in [5.74, 6) is 4.73. The largest absolute Gasteiger partial charge is 0.274 e. The van der Waals surface area contributed by atoms with Gasteiger partial charge in [-0.1, -0.05) is 72.1 Å². The average molecular weight is 542 g/mol. The summed E-state index contributed by atoms with van der Waals surface area (Å²) in [5.41, 5.74) is 0.896. The topological polar surface area (TPSA) is 63.2 Å². The van der Waals surface area contributed by atoms with Gasteiger partial charge in [-0.3, -0.25) is 4.79 Å². The second-order valence-electron chi connectivity index (χ2n) is 14.3. The Morgan fingerprint density at radius 1 is 0.947 bits per heavy atom. The zero-order valence-electron chi connectivity index (χ0n) is 24.4. The summed E-state index contributed by atoms with van der Waals surface area (Å²) in [6.45, 7) is 11.9. The minimum atomic E-state index is -3.83. The normalized spacial score (nSPS) is 40.3. The van der Waals surface area contributed by atoms with Gasteiger partial charge in [-0.2, -0.15) is 0 Å². The van der Waals surface area contributed by atoms with Crippen LogP contribution in [0.1, 0.15) is 105 Å². The lowest BCUT2D eigenvalue weighted by atomic mass is 9.42. The molecule has 212 valence electrons. The van der Waals surface area contributed by atoms with Gasteiger partial charge in [0.2, 0.25) is 5.91 Å². The zero-order valence-corrected chi connectivity index (χ0v) is 25.2. The van der Waals surface area contributed by atoms with E-state index >= 15 is 0 Å². The third kappa shape index (κ3) is 4.77. The van der Waals surface area contributed by atoms with Crippen LogP contribution in [0.5, 0.6) is 0 Å². The van der Waals surface area contributed by atoms with E-state index in [9.17, 15) is 13.2 Å². The first-order chi connectivity index (χ1) is 18.0. The molecule has 1 amide bonds. The van der Waals surface area contributed by atoms with Crippen molar-refractivity contribution >= 4 is 15.9 Å². The van der Waals surface area contributed by atoms with Gasteiger partial charge in [0.25, 0.3) is 10.0 Å². The summed E-state index contributed by atoms with van der Waals surface area (Å²) in [6.07, 6.45) is 14.6. The minimum Gasteiger partial charge on any atom is -0.274 e. The standard InChI is InChI=1S/C33H51NO3S/c1-6-24-21-26-29-16-15-27(33(29,5)19-17-30(26)32(4)18-11-10-14-28(24)32)22(2)20-23(3)31(35)34-38(36,37)25-12-8-7-9-13-25/h7-9,12-13,22-24,26-30H,6,10-11,14-21H2,1-5H3,(H,34,35)/t22-,23+,24+,26?,27-,28+,29?,30?,32+,33-/m1/s1. The lowest BCUT2D eigenvalue weighted by Gasteiger charge is -2.63. The Hall–Kier alpha value is -1.36. The molecule has 0 heterocycles. The minimum absolute atomic E-state index is 0.142. The third-order valence-corrected chi connectivity index (χ3v) is 13.9. The van der Waals surface area contributed by atoms with Crippen molar-refractivity contribution in [3.63, 3.8) is 0 Å². The molecule has 4 nitrogen and oxygen atoms in total. The highest BCUT2D eigenvalue weighted by molar-refractivity contribution is 7.90. The quantitative estimate of drug-likeness (QED) is 0.382. The number of carbonyl (C=O) groups is 1. The smallest absolute Gasteiger partial charge is 0.264 e. The van der Waals surface area contributed by atoms with Crippen molar-refractivity contribution in [3.05, 3.63) is 30.3 Å². The molecular formula is C33H51NO3S. The number of benzene rings is 1. The number of sulfonamides is 1. The molecule has 1 aromatic rings. The molecule has 5 rings (SSSR count). The average Bonchev–Trinajstić information content (AvgIpc) is 3.25. The van der Waals surface area contributed by atoms with Gasteiger partial charge in [0.05, 0.1) is 4.90 Å². The molecule has 4 aliphatic carbocycles. The summed E-state index contributed by atoms with van der Waals surface area (Å²) in [5, 5.41) is 0. The second kappa shape index (κ2) is 10.6. The maximum atomic E-state index is 13.0. The Morgan fingerprint density at radius 3 is 2.37 bits per heavy atom. The molecule has 4 saturated carbocycles. The summed E-state index contributed by atoms with van der Waals surface area (Å²) in [7, 11) is -3.83. The van der Waals surface area contributed by atoms with Gasteiger partial charge in [0.1, 0.15) is 0 Å². The van der Waals surface area contributed by atoms with E-state index in [1.807, 2.05) is 6.92 Å². The zero-order chi connectivity index (χ0) is 27.3. The fourth-order valence-corrected chi connectivity index (χ4v) is 11.8. The fraction of sp³-hybridized carbons (Fsp3) is 0.788. The second-order valence-corrected chi connectivity index (χ2v) is 15.9. The Morgan fingerprint density at radius 2 is 1.66 bits per heavy atom. The molecule has 0 aromatic heterocycles. The predicted octanol–water partition coefficient (Wildman–Crippen LogP) is 7.84. The van der Waals surface area contributed by atoms with E-state index in [1.54, 1.807) is 18.2 Å². The van der Waals surface area contributed by atoms with Gasteiger partial charge in [0, 0.05) is 5.92 Å². The first kappa shape index (κ1) is 28.2. The van der Waals surface area contributed by atoms with Crippen LogP contribution < -0.4 is 4.72 Å². The molecule has 3 unspecified atom stereocenters. The maximum Gasteiger partial charge on any atom is 0.264 e. The van der Waals surface area contributed by atoms with Gasteiger partial charge in [-0.05, 0) is 116 Å². The molecule has 5 heteroatoms. The first-order valence-corrected chi connectivity index (χ1v) is 17.1. The van der Waals surface area contributed by atoms with E-state index in [1.165, 1.54) is 76.3 Å². The highest BCUT2D eigenvalue weighted by atomic mass is 32.2. The van der Waals surface area contributed by atoms with Crippen molar-refractivity contribution in [2.75, 3.05) is 0 Å². The van der Waals surface area contributed by atoms with Crippen LogP contribution in [0, 0.1) is 58.2 Å². The predicted molar refractivity (Wildman–Crippen MR) is 154 cm³/mol. The highest BCUT2D eigenvalue weighted by Gasteiger charge is 2.61. The summed E-state index contributed by atoms with van der Waals surface area (Å²) < 4.78 is 27.8. The van der Waals surface area contributed by atoms with Crippen molar-refractivity contribution in [1.82, 2.24) is 4.72 Å². The molecule has 0 radical (unpaired) electrons. The third-order valence-electron chi connectivity index (χ3n) is 12.5. The van der Waals surface area contributed by atoms with Crippen LogP contribution in [-0.2, 0) is 14.8 Å². The fourth-order valence-electron chi connectivity index (χ4n) is 10.7. The molecule has 1 N–H and O–H groups in total. The lowest BCUT2D eigenvalue weighted by Crippen LogP contribution is -2.55. The summed E-state index contributed by atoms with van der Waals surface area (Å²) in [4.78, 5) is 13.1. The van der Waals surface area contributed by atoms with Crippen LogP contribution >= 0.6 is 0 Å². The van der Waals surface area contributed by atoms with Crippen LogP contribution in [-0.4, -0.2) is 14.3 Å². The van der Waals surface area contributed by atoms with Crippen LogP contribution in [0.3, 0.4) is 0 Å². The molecule has 38 heavy (non-hydrogen) atoms. The number of hydrogen-bond donors (Lipinski definition) is 1. The van der Waals surface area contributed by atoms with Gasteiger partial charge in [-0.25, -0.2) is 13.1 Å². The van der Waals surface area contributed by atoms with Crippen LogP contribution in [0.25, 0.3) is 0 Å². The van der Waals surface area contributed by atoms with Crippen LogP contribution in [0.2, 0.25) is 0 Å². The molecule has 0 aliphatic heterocycles. The van der Waals surface area contributed by atoms with Crippen molar-refractivity contribution in [2.24, 2.45) is 58.2 Å². The Kier molecular flexibility index (Phi) is 7.83. The molecule has 0 spiro atoms. The molecule has 0 bridgehead atoms. The van der Waals surface area contributed by atoms with E-state index < -0.39 is 10.0 Å². The molecule has 4 aliphatic rings. The van der Waals surface area contributed by atoms with Gasteiger partial charge < -0.3 is 0 Å². The lowest BCUT2D eigenvalue weighted by molar-refractivity contribution is -0.138. The van der Waals surface area contributed by atoms with E-state index in [0.717, 1.165) is 36.0 Å².